The Kier molecular flexibility index (Phi) is 5.78. The van der Waals surface area contributed by atoms with Gasteiger partial charge in [0.25, 0.3) is 0 Å². The van der Waals surface area contributed by atoms with E-state index in [0.717, 1.165) is 23.2 Å². The number of aryl methyl sites for hydroxylation is 2. The molecule has 2 aromatic rings. The van der Waals surface area contributed by atoms with Crippen LogP contribution in [-0.4, -0.2) is 26.6 Å². The van der Waals surface area contributed by atoms with Crippen LogP contribution in [0.25, 0.3) is 0 Å². The highest BCUT2D eigenvalue weighted by Gasteiger charge is 2.24. The van der Waals surface area contributed by atoms with Gasteiger partial charge in [-0.3, -0.25) is 4.79 Å². The van der Waals surface area contributed by atoms with Crippen LogP contribution in [0, 0.1) is 13.8 Å². The number of anilines is 1. The number of carbonyl (C=O) groups is 1. The summed E-state index contributed by atoms with van der Waals surface area (Å²) in [5.41, 5.74) is 2.75. The van der Waals surface area contributed by atoms with Crippen molar-refractivity contribution in [3.8, 4) is 0 Å². The molecule has 5 heteroatoms. The van der Waals surface area contributed by atoms with Gasteiger partial charge in [0.15, 0.2) is 9.84 Å². The van der Waals surface area contributed by atoms with Gasteiger partial charge >= 0.3 is 0 Å². The first-order chi connectivity index (χ1) is 11.3. The number of rotatable bonds is 6. The van der Waals surface area contributed by atoms with E-state index in [1.165, 1.54) is 0 Å². The molecule has 0 heterocycles. The molecular weight excluding hydrogens is 322 g/mol. The SMILES string of the molecule is CCCN(C(=O)CS(=O)(=O)c1ccc(C)cc1)c1cccc(C)c1. The largest absolute Gasteiger partial charge is 0.312 e. The summed E-state index contributed by atoms with van der Waals surface area (Å²) in [6, 6.07) is 14.1. The molecule has 0 aliphatic rings. The molecule has 0 aliphatic heterocycles. The van der Waals surface area contributed by atoms with Crippen molar-refractivity contribution in [3.05, 3.63) is 59.7 Å². The predicted molar refractivity (Wildman–Crippen MR) is 97.1 cm³/mol. The lowest BCUT2D eigenvalue weighted by Gasteiger charge is -2.22. The lowest BCUT2D eigenvalue weighted by molar-refractivity contribution is -0.116. The number of benzene rings is 2. The van der Waals surface area contributed by atoms with Crippen molar-refractivity contribution in [2.24, 2.45) is 0 Å². The van der Waals surface area contributed by atoms with Crippen LogP contribution in [0.15, 0.2) is 53.4 Å². The Hall–Kier alpha value is -2.14. The second kappa shape index (κ2) is 7.62. The number of hydrogen-bond acceptors (Lipinski definition) is 3. The quantitative estimate of drug-likeness (QED) is 0.805. The number of hydrogen-bond donors (Lipinski definition) is 0. The van der Waals surface area contributed by atoms with Gasteiger partial charge in [-0.1, -0.05) is 36.8 Å². The number of amides is 1. The minimum Gasteiger partial charge on any atom is -0.312 e. The van der Waals surface area contributed by atoms with E-state index in [1.54, 1.807) is 29.2 Å². The highest BCUT2D eigenvalue weighted by Crippen LogP contribution is 2.19. The summed E-state index contributed by atoms with van der Waals surface area (Å²) in [7, 11) is -3.65. The molecule has 0 saturated carbocycles. The maximum absolute atomic E-state index is 12.6. The molecule has 1 amide bonds. The molecule has 0 aliphatic carbocycles. The van der Waals surface area contributed by atoms with Gasteiger partial charge in [-0.25, -0.2) is 8.42 Å². The minimum absolute atomic E-state index is 0.183. The van der Waals surface area contributed by atoms with Crippen LogP contribution in [0.3, 0.4) is 0 Å². The fourth-order valence-electron chi connectivity index (χ4n) is 2.49. The van der Waals surface area contributed by atoms with Crippen LogP contribution in [0.1, 0.15) is 24.5 Å². The van der Waals surface area contributed by atoms with E-state index >= 15 is 0 Å². The lowest BCUT2D eigenvalue weighted by Crippen LogP contribution is -2.36. The third-order valence-corrected chi connectivity index (χ3v) is 5.37. The first-order valence-corrected chi connectivity index (χ1v) is 9.65. The first-order valence-electron chi connectivity index (χ1n) is 8.00. The molecule has 4 nitrogen and oxygen atoms in total. The second-order valence-electron chi connectivity index (χ2n) is 5.96. The summed E-state index contributed by atoms with van der Waals surface area (Å²) >= 11 is 0. The molecule has 0 bridgehead atoms. The van der Waals surface area contributed by atoms with E-state index in [4.69, 9.17) is 0 Å². The maximum atomic E-state index is 12.6. The summed E-state index contributed by atoms with van der Waals surface area (Å²) in [6.45, 7) is 6.29. The maximum Gasteiger partial charge on any atom is 0.242 e. The van der Waals surface area contributed by atoms with Gasteiger partial charge in [0.05, 0.1) is 4.90 Å². The zero-order valence-corrected chi connectivity index (χ0v) is 15.1. The highest BCUT2D eigenvalue weighted by molar-refractivity contribution is 7.92. The van der Waals surface area contributed by atoms with Gasteiger partial charge in [-0.05, 0) is 50.1 Å². The van der Waals surface area contributed by atoms with Crippen molar-refractivity contribution in [1.29, 1.82) is 0 Å². The molecule has 128 valence electrons. The Balaban J connectivity index is 2.25. The number of nitrogens with zero attached hydrogens (tertiary/aromatic N) is 1. The average molecular weight is 345 g/mol. The molecular formula is C19H23NO3S. The predicted octanol–water partition coefficient (Wildman–Crippen LogP) is 3.52. The van der Waals surface area contributed by atoms with Gasteiger partial charge in [0.2, 0.25) is 5.91 Å². The Bertz CT molecular complexity index is 811. The second-order valence-corrected chi connectivity index (χ2v) is 7.95. The van der Waals surface area contributed by atoms with E-state index in [2.05, 4.69) is 0 Å². The molecule has 0 unspecified atom stereocenters. The van der Waals surface area contributed by atoms with Crippen molar-refractivity contribution in [1.82, 2.24) is 0 Å². The molecule has 24 heavy (non-hydrogen) atoms. The first kappa shape index (κ1) is 18.2. The summed E-state index contributed by atoms with van der Waals surface area (Å²) in [4.78, 5) is 14.4. The Labute approximate surface area is 144 Å². The van der Waals surface area contributed by atoms with Crippen LogP contribution in [0.4, 0.5) is 5.69 Å². The Morgan fingerprint density at radius 1 is 1.00 bits per heavy atom. The number of sulfone groups is 1. The van der Waals surface area contributed by atoms with E-state index in [0.29, 0.717) is 6.54 Å². The molecule has 0 aromatic heterocycles. The molecule has 0 radical (unpaired) electrons. The van der Waals surface area contributed by atoms with E-state index < -0.39 is 21.5 Å². The summed E-state index contributed by atoms with van der Waals surface area (Å²) in [5, 5.41) is 0. The molecule has 0 fully saturated rings. The molecule has 0 saturated heterocycles. The smallest absolute Gasteiger partial charge is 0.242 e. The van der Waals surface area contributed by atoms with Crippen molar-refractivity contribution < 1.29 is 13.2 Å². The highest BCUT2D eigenvalue weighted by atomic mass is 32.2. The zero-order valence-electron chi connectivity index (χ0n) is 14.3. The van der Waals surface area contributed by atoms with Crippen LogP contribution >= 0.6 is 0 Å². The van der Waals surface area contributed by atoms with Gasteiger partial charge in [0.1, 0.15) is 5.75 Å². The molecule has 0 spiro atoms. The van der Waals surface area contributed by atoms with Crippen molar-refractivity contribution in [3.63, 3.8) is 0 Å². The molecule has 0 N–H and O–H groups in total. The average Bonchev–Trinajstić information content (AvgIpc) is 2.52. The van der Waals surface area contributed by atoms with Crippen LogP contribution in [0.5, 0.6) is 0 Å². The van der Waals surface area contributed by atoms with Crippen LogP contribution < -0.4 is 4.90 Å². The van der Waals surface area contributed by atoms with Crippen molar-refractivity contribution in [2.75, 3.05) is 17.2 Å². The summed E-state index contributed by atoms with van der Waals surface area (Å²) in [5.74, 6) is -0.924. The number of carbonyl (C=O) groups excluding carboxylic acids is 1. The molecule has 2 rings (SSSR count). The van der Waals surface area contributed by atoms with Gasteiger partial charge in [-0.2, -0.15) is 0 Å². The normalized spacial score (nSPS) is 11.3. The fourth-order valence-corrected chi connectivity index (χ4v) is 3.69. The van der Waals surface area contributed by atoms with Crippen molar-refractivity contribution >= 4 is 21.4 Å². The standard InChI is InChI=1S/C19H23NO3S/c1-4-12-20(17-7-5-6-16(3)13-17)19(21)14-24(22,23)18-10-8-15(2)9-11-18/h5-11,13H,4,12,14H2,1-3H3. The lowest BCUT2D eigenvalue weighted by atomic mass is 10.2. The Morgan fingerprint density at radius 3 is 2.25 bits per heavy atom. The molecule has 2 aromatic carbocycles. The van der Waals surface area contributed by atoms with Gasteiger partial charge < -0.3 is 4.90 Å². The monoisotopic (exact) mass is 345 g/mol. The fraction of sp³-hybridized carbons (Fsp3) is 0.316. The molecule has 0 atom stereocenters. The zero-order chi connectivity index (χ0) is 17.7. The van der Waals surface area contributed by atoms with Crippen molar-refractivity contribution in [2.45, 2.75) is 32.1 Å². The topological polar surface area (TPSA) is 54.5 Å². The van der Waals surface area contributed by atoms with Gasteiger partial charge in [0, 0.05) is 12.2 Å². The third kappa shape index (κ3) is 4.45. The summed E-state index contributed by atoms with van der Waals surface area (Å²) < 4.78 is 25.0. The van der Waals surface area contributed by atoms with Gasteiger partial charge in [-0.15, -0.1) is 0 Å². The van der Waals surface area contributed by atoms with E-state index in [1.807, 2.05) is 45.0 Å². The Morgan fingerprint density at radius 2 is 1.67 bits per heavy atom. The summed E-state index contributed by atoms with van der Waals surface area (Å²) in [6.07, 6.45) is 0.754. The van der Waals surface area contributed by atoms with Crippen LogP contribution in [-0.2, 0) is 14.6 Å². The van der Waals surface area contributed by atoms with Crippen LogP contribution in [0.2, 0.25) is 0 Å². The minimum atomic E-state index is -3.65. The van der Waals surface area contributed by atoms with E-state index in [9.17, 15) is 13.2 Å². The third-order valence-electron chi connectivity index (χ3n) is 3.76. The van der Waals surface area contributed by atoms with E-state index in [-0.39, 0.29) is 4.90 Å².